The number of nitrogens with one attached hydrogen (secondary N) is 1. The number of hydrogen-bond donors (Lipinski definition) is 1. The Morgan fingerprint density at radius 3 is 2.38 bits per heavy atom. The lowest BCUT2D eigenvalue weighted by Gasteiger charge is -2.32. The van der Waals surface area contributed by atoms with Gasteiger partial charge in [0.25, 0.3) is 0 Å². The van der Waals surface area contributed by atoms with Gasteiger partial charge in [0.1, 0.15) is 0 Å². The van der Waals surface area contributed by atoms with Gasteiger partial charge in [0.05, 0.1) is 36.5 Å². The van der Waals surface area contributed by atoms with Gasteiger partial charge in [0, 0.05) is 19.6 Å². The quantitative estimate of drug-likeness (QED) is 0.585. The maximum atomic E-state index is 13.3. The van der Waals surface area contributed by atoms with Crippen LogP contribution in [-0.2, 0) is 29.5 Å². The summed E-state index contributed by atoms with van der Waals surface area (Å²) in [5, 5.41) is 0. The van der Waals surface area contributed by atoms with E-state index in [-0.39, 0.29) is 41.6 Å². The highest BCUT2D eigenvalue weighted by molar-refractivity contribution is 7.89. The van der Waals surface area contributed by atoms with Crippen LogP contribution in [0.5, 0.6) is 0 Å². The number of sulfonamides is 2. The Kier molecular flexibility index (Phi) is 7.38. The average molecular weight is 449 g/mol. The molecule has 0 spiro atoms. The molecule has 2 rings (SSSR count). The van der Waals surface area contributed by atoms with Crippen molar-refractivity contribution < 1.29 is 35.9 Å². The molecule has 0 radical (unpaired) electrons. The zero-order valence-corrected chi connectivity index (χ0v) is 18.0. The first-order valence-electron chi connectivity index (χ1n) is 8.75. The standard InChI is InChI=1S/C17H24N2O8S2/c1-26-16(20)13-6-7-14(17(21)27-2)15(9-13)29(24,25)19-8-4-5-12(11-19)10-18-28(3,22)23/h6-7,9,12,18H,4-5,8,10-11H2,1-3H3. The summed E-state index contributed by atoms with van der Waals surface area (Å²) >= 11 is 0. The Labute approximate surface area is 170 Å². The van der Waals surface area contributed by atoms with Crippen molar-refractivity contribution in [2.24, 2.45) is 5.92 Å². The van der Waals surface area contributed by atoms with Crippen LogP contribution in [-0.4, -0.2) is 73.2 Å². The van der Waals surface area contributed by atoms with E-state index in [1.54, 1.807) is 0 Å². The van der Waals surface area contributed by atoms with E-state index >= 15 is 0 Å². The number of carbonyl (C=O) groups is 2. The number of carbonyl (C=O) groups excluding carboxylic acids is 2. The van der Waals surface area contributed by atoms with E-state index in [0.717, 1.165) is 26.5 Å². The zero-order valence-electron chi connectivity index (χ0n) is 16.4. The van der Waals surface area contributed by atoms with E-state index < -0.39 is 32.0 Å². The summed E-state index contributed by atoms with van der Waals surface area (Å²) in [4.78, 5) is 23.6. The van der Waals surface area contributed by atoms with Crippen LogP contribution < -0.4 is 4.72 Å². The van der Waals surface area contributed by atoms with Crippen molar-refractivity contribution in [2.45, 2.75) is 17.7 Å². The molecule has 0 amide bonds. The van der Waals surface area contributed by atoms with Crippen LogP contribution in [0.15, 0.2) is 23.1 Å². The lowest BCUT2D eigenvalue weighted by molar-refractivity contribution is 0.0583. The molecule has 1 heterocycles. The van der Waals surface area contributed by atoms with Crippen LogP contribution >= 0.6 is 0 Å². The molecule has 10 nitrogen and oxygen atoms in total. The SMILES string of the molecule is COC(=O)c1ccc(C(=O)OC)c(S(=O)(=O)N2CCCC(CNS(C)(=O)=O)C2)c1. The molecule has 0 saturated carbocycles. The second-order valence-electron chi connectivity index (χ2n) is 6.69. The van der Waals surface area contributed by atoms with Gasteiger partial charge in [-0.1, -0.05) is 0 Å². The zero-order chi connectivity index (χ0) is 21.8. The van der Waals surface area contributed by atoms with Gasteiger partial charge in [-0.2, -0.15) is 4.31 Å². The van der Waals surface area contributed by atoms with E-state index in [1.807, 2.05) is 0 Å². The fourth-order valence-corrected chi connectivity index (χ4v) is 5.38. The first-order chi connectivity index (χ1) is 13.5. The number of esters is 2. The Bertz CT molecular complexity index is 989. The summed E-state index contributed by atoms with van der Waals surface area (Å²) in [6.07, 6.45) is 2.21. The van der Waals surface area contributed by atoms with Crippen molar-refractivity contribution in [2.75, 3.05) is 40.1 Å². The van der Waals surface area contributed by atoms with E-state index in [0.29, 0.717) is 12.8 Å². The molecule has 0 aromatic heterocycles. The van der Waals surface area contributed by atoms with Crippen molar-refractivity contribution in [3.63, 3.8) is 0 Å². The molecule has 1 unspecified atom stereocenters. The van der Waals surface area contributed by atoms with E-state index in [9.17, 15) is 26.4 Å². The molecule has 1 atom stereocenters. The van der Waals surface area contributed by atoms with Crippen LogP contribution in [0, 0.1) is 5.92 Å². The van der Waals surface area contributed by atoms with Crippen LogP contribution in [0.1, 0.15) is 33.6 Å². The molecule has 1 saturated heterocycles. The van der Waals surface area contributed by atoms with Crippen molar-refractivity contribution in [1.82, 2.24) is 9.03 Å². The van der Waals surface area contributed by atoms with Crippen LogP contribution in [0.2, 0.25) is 0 Å². The largest absolute Gasteiger partial charge is 0.465 e. The Hall–Kier alpha value is -2.02. The van der Waals surface area contributed by atoms with Gasteiger partial charge in [-0.25, -0.2) is 31.1 Å². The molecule has 29 heavy (non-hydrogen) atoms. The lowest BCUT2D eigenvalue weighted by atomic mass is 10.0. The monoisotopic (exact) mass is 448 g/mol. The number of methoxy groups -OCH3 is 2. The Morgan fingerprint density at radius 1 is 1.14 bits per heavy atom. The maximum absolute atomic E-state index is 13.3. The number of benzene rings is 1. The summed E-state index contributed by atoms with van der Waals surface area (Å²) in [6, 6.07) is 3.58. The highest BCUT2D eigenvalue weighted by Crippen LogP contribution is 2.27. The third kappa shape index (κ3) is 5.75. The minimum Gasteiger partial charge on any atom is -0.465 e. The first-order valence-corrected chi connectivity index (χ1v) is 12.1. The molecule has 1 aliphatic heterocycles. The minimum atomic E-state index is -4.15. The number of nitrogens with zero attached hydrogens (tertiary/aromatic N) is 1. The topological polar surface area (TPSA) is 136 Å². The van der Waals surface area contributed by atoms with Crippen molar-refractivity contribution >= 4 is 32.0 Å². The second kappa shape index (κ2) is 9.20. The number of ether oxygens (including phenoxy) is 2. The number of rotatable bonds is 7. The summed E-state index contributed by atoms with van der Waals surface area (Å²) in [6.45, 7) is 0.394. The Morgan fingerprint density at radius 2 is 1.79 bits per heavy atom. The van der Waals surface area contributed by atoms with Crippen LogP contribution in [0.25, 0.3) is 0 Å². The molecule has 1 fully saturated rings. The van der Waals surface area contributed by atoms with Crippen molar-refractivity contribution in [3.05, 3.63) is 29.3 Å². The molecular weight excluding hydrogens is 424 g/mol. The molecule has 12 heteroatoms. The molecule has 162 valence electrons. The third-order valence-electron chi connectivity index (χ3n) is 4.54. The van der Waals surface area contributed by atoms with Gasteiger partial charge in [-0.15, -0.1) is 0 Å². The van der Waals surface area contributed by atoms with Gasteiger partial charge in [-0.3, -0.25) is 0 Å². The van der Waals surface area contributed by atoms with Gasteiger partial charge in [-0.05, 0) is 37.0 Å². The fraction of sp³-hybridized carbons (Fsp3) is 0.529. The number of hydrogen-bond acceptors (Lipinski definition) is 8. The molecule has 1 aromatic carbocycles. The van der Waals surface area contributed by atoms with Gasteiger partial charge in [0.15, 0.2) is 0 Å². The van der Waals surface area contributed by atoms with E-state index in [4.69, 9.17) is 0 Å². The summed E-state index contributed by atoms with van der Waals surface area (Å²) < 4.78 is 62.0. The highest BCUT2D eigenvalue weighted by atomic mass is 32.2. The third-order valence-corrected chi connectivity index (χ3v) is 7.14. The normalized spacial score (nSPS) is 18.2. The summed E-state index contributed by atoms with van der Waals surface area (Å²) in [7, 11) is -5.26. The van der Waals surface area contributed by atoms with Crippen molar-refractivity contribution in [3.8, 4) is 0 Å². The minimum absolute atomic E-state index is 0.0222. The van der Waals surface area contributed by atoms with Crippen molar-refractivity contribution in [1.29, 1.82) is 0 Å². The fourth-order valence-electron chi connectivity index (χ4n) is 3.08. The van der Waals surface area contributed by atoms with Gasteiger partial charge in [0.2, 0.25) is 20.0 Å². The summed E-state index contributed by atoms with van der Waals surface area (Å²) in [5.74, 6) is -1.82. The lowest BCUT2D eigenvalue weighted by Crippen LogP contribution is -2.43. The first kappa shape index (κ1) is 23.3. The molecule has 1 aromatic rings. The maximum Gasteiger partial charge on any atom is 0.339 e. The molecule has 0 aliphatic carbocycles. The average Bonchev–Trinajstić information content (AvgIpc) is 2.70. The highest BCUT2D eigenvalue weighted by Gasteiger charge is 2.34. The van der Waals surface area contributed by atoms with Gasteiger partial charge < -0.3 is 9.47 Å². The summed E-state index contributed by atoms with van der Waals surface area (Å²) in [5.41, 5.74) is -0.220. The van der Waals surface area contributed by atoms with E-state index in [1.165, 1.54) is 16.4 Å². The van der Waals surface area contributed by atoms with Gasteiger partial charge >= 0.3 is 11.9 Å². The molecular formula is C17H24N2O8S2. The molecule has 1 aliphatic rings. The predicted octanol–water partition coefficient (Wildman–Crippen LogP) is 0.210. The van der Waals surface area contributed by atoms with Crippen LogP contribution in [0.3, 0.4) is 0 Å². The smallest absolute Gasteiger partial charge is 0.339 e. The number of piperidine rings is 1. The molecule has 1 N–H and O–H groups in total. The molecule has 0 bridgehead atoms. The van der Waals surface area contributed by atoms with E-state index in [2.05, 4.69) is 14.2 Å². The Balaban J connectivity index is 2.39. The van der Waals surface area contributed by atoms with Crippen LogP contribution in [0.4, 0.5) is 0 Å². The predicted molar refractivity (Wildman–Crippen MR) is 103 cm³/mol. The second-order valence-corrected chi connectivity index (χ2v) is 10.4.